The van der Waals surface area contributed by atoms with Crippen LogP contribution in [0.15, 0.2) is 21.5 Å². The lowest BCUT2D eigenvalue weighted by Crippen LogP contribution is -2.24. The third-order valence-electron chi connectivity index (χ3n) is 2.11. The van der Waals surface area contributed by atoms with Crippen LogP contribution < -0.4 is 9.60 Å². The van der Waals surface area contributed by atoms with Crippen LogP contribution in [0.2, 0.25) is 5.15 Å². The average Bonchev–Trinajstić information content (AvgIpc) is 2.85. The molecule has 0 fully saturated rings. The quantitative estimate of drug-likeness (QED) is 0.849. The summed E-state index contributed by atoms with van der Waals surface area (Å²) >= 11 is 6.77. The highest BCUT2D eigenvalue weighted by Crippen LogP contribution is 2.18. The van der Waals surface area contributed by atoms with Gasteiger partial charge >= 0.3 is 4.87 Å². The largest absolute Gasteiger partial charge is 0.324 e. The molecule has 0 radical (unpaired) electrons. The maximum Gasteiger partial charge on any atom is 0.304 e. The molecule has 2 aromatic heterocycles. The summed E-state index contributed by atoms with van der Waals surface area (Å²) in [6.07, 6.45) is 1.31. The molecular weight excluding hydrogens is 300 g/mol. The molecule has 10 heteroatoms. The molecule has 2 rings (SSSR count). The highest BCUT2D eigenvalue weighted by Gasteiger charge is 2.22. The van der Waals surface area contributed by atoms with E-state index in [1.54, 1.807) is 12.4 Å². The lowest BCUT2D eigenvalue weighted by atomic mass is 10.5. The molecule has 2 heterocycles. The van der Waals surface area contributed by atoms with Crippen LogP contribution in [0.3, 0.4) is 0 Å². The van der Waals surface area contributed by atoms with Gasteiger partial charge in [-0.15, -0.1) is 0 Å². The lowest BCUT2D eigenvalue weighted by Gasteiger charge is -2.03. The minimum atomic E-state index is -3.79. The molecule has 0 aliphatic carbocycles. The van der Waals surface area contributed by atoms with Crippen LogP contribution in [0.25, 0.3) is 0 Å². The minimum absolute atomic E-state index is 0.0199. The first kappa shape index (κ1) is 13.3. The van der Waals surface area contributed by atoms with Crippen molar-refractivity contribution in [2.24, 2.45) is 7.05 Å². The van der Waals surface area contributed by atoms with Crippen LogP contribution >= 0.6 is 22.9 Å². The topological polar surface area (TPSA) is 96.8 Å². The van der Waals surface area contributed by atoms with Gasteiger partial charge in [0.15, 0.2) is 0 Å². The molecule has 98 valence electrons. The number of hydrogen-bond donors (Lipinski definition) is 2. The number of rotatable bonds is 4. The summed E-state index contributed by atoms with van der Waals surface area (Å²) in [6.45, 7) is -0.0199. The predicted molar refractivity (Wildman–Crippen MR) is 67.2 cm³/mol. The van der Waals surface area contributed by atoms with Gasteiger partial charge in [-0.25, -0.2) is 18.1 Å². The van der Waals surface area contributed by atoms with Gasteiger partial charge in [-0.3, -0.25) is 4.79 Å². The average molecular weight is 309 g/mol. The summed E-state index contributed by atoms with van der Waals surface area (Å²) in [7, 11) is -2.20. The molecule has 0 aliphatic heterocycles. The number of thiazole rings is 1. The number of nitrogens with one attached hydrogen (secondary N) is 2. The van der Waals surface area contributed by atoms with Gasteiger partial charge in [0.2, 0.25) is 5.03 Å². The first-order valence-corrected chi connectivity index (χ1v) is 7.47. The second-order valence-electron chi connectivity index (χ2n) is 3.45. The summed E-state index contributed by atoms with van der Waals surface area (Å²) in [5.41, 5.74) is 0.487. The van der Waals surface area contributed by atoms with Crippen molar-refractivity contribution in [2.45, 2.75) is 11.6 Å². The van der Waals surface area contributed by atoms with Gasteiger partial charge in [0.05, 0.1) is 12.9 Å². The van der Waals surface area contributed by atoms with E-state index in [1.807, 2.05) is 0 Å². The van der Waals surface area contributed by atoms with E-state index in [9.17, 15) is 13.2 Å². The molecule has 0 aliphatic rings. The monoisotopic (exact) mass is 308 g/mol. The molecule has 0 saturated carbocycles. The highest BCUT2D eigenvalue weighted by molar-refractivity contribution is 7.89. The molecule has 0 spiro atoms. The van der Waals surface area contributed by atoms with Crippen LogP contribution in [0.1, 0.15) is 5.69 Å². The predicted octanol–water partition coefficient (Wildman–Crippen LogP) is 0.302. The fraction of sp³-hybridized carbons (Fsp3) is 0.250. The van der Waals surface area contributed by atoms with E-state index in [0.717, 1.165) is 11.3 Å². The van der Waals surface area contributed by atoms with Crippen LogP contribution in [-0.4, -0.2) is 23.0 Å². The Morgan fingerprint density at radius 1 is 1.61 bits per heavy atom. The fourth-order valence-corrected chi connectivity index (χ4v) is 3.23. The number of nitrogens with zero attached hydrogens (tertiary/aromatic N) is 2. The molecule has 0 amide bonds. The number of aromatic amines is 1. The molecule has 0 aromatic carbocycles. The molecule has 2 aromatic rings. The zero-order valence-corrected chi connectivity index (χ0v) is 11.6. The van der Waals surface area contributed by atoms with Gasteiger partial charge in [0, 0.05) is 18.1 Å². The van der Waals surface area contributed by atoms with Crippen molar-refractivity contribution in [1.29, 1.82) is 0 Å². The molecule has 2 N–H and O–H groups in total. The number of sulfonamides is 1. The Kier molecular flexibility index (Phi) is 3.57. The van der Waals surface area contributed by atoms with Crippen molar-refractivity contribution < 1.29 is 8.42 Å². The summed E-state index contributed by atoms with van der Waals surface area (Å²) < 4.78 is 27.5. The Morgan fingerprint density at radius 3 is 2.83 bits per heavy atom. The Bertz CT molecular complexity index is 715. The van der Waals surface area contributed by atoms with Crippen molar-refractivity contribution in [3.63, 3.8) is 0 Å². The Morgan fingerprint density at radius 2 is 2.33 bits per heavy atom. The highest BCUT2D eigenvalue weighted by atomic mass is 35.5. The van der Waals surface area contributed by atoms with Crippen molar-refractivity contribution in [3.05, 3.63) is 32.2 Å². The zero-order chi connectivity index (χ0) is 13.3. The number of hydrogen-bond acceptors (Lipinski definition) is 5. The fourth-order valence-electron chi connectivity index (χ4n) is 1.22. The number of H-pyrrole nitrogens is 1. The molecule has 0 saturated heterocycles. The molecule has 0 unspecified atom stereocenters. The van der Waals surface area contributed by atoms with Crippen molar-refractivity contribution in [3.8, 4) is 0 Å². The zero-order valence-electron chi connectivity index (χ0n) is 9.18. The van der Waals surface area contributed by atoms with Crippen molar-refractivity contribution in [1.82, 2.24) is 19.3 Å². The van der Waals surface area contributed by atoms with E-state index < -0.39 is 10.0 Å². The third-order valence-corrected chi connectivity index (χ3v) is 4.72. The summed E-state index contributed by atoms with van der Waals surface area (Å²) in [5, 5.41) is 1.34. The molecule has 0 bridgehead atoms. The van der Waals surface area contributed by atoms with Gasteiger partial charge in [0.25, 0.3) is 10.0 Å². The first-order chi connectivity index (χ1) is 8.40. The van der Waals surface area contributed by atoms with E-state index in [2.05, 4.69) is 14.7 Å². The minimum Gasteiger partial charge on any atom is -0.324 e. The maximum absolute atomic E-state index is 11.9. The Balaban J connectivity index is 2.18. The number of aryl methyl sites for hydroxylation is 1. The molecule has 0 atom stereocenters. The third kappa shape index (κ3) is 2.64. The number of aromatic nitrogens is 3. The normalized spacial score (nSPS) is 11.9. The van der Waals surface area contributed by atoms with E-state index >= 15 is 0 Å². The van der Waals surface area contributed by atoms with Gasteiger partial charge in [0.1, 0.15) is 5.15 Å². The summed E-state index contributed by atoms with van der Waals surface area (Å²) in [6, 6.07) is 0. The van der Waals surface area contributed by atoms with E-state index in [0.29, 0.717) is 5.69 Å². The van der Waals surface area contributed by atoms with E-state index in [1.165, 1.54) is 10.9 Å². The van der Waals surface area contributed by atoms with Crippen LogP contribution in [0.5, 0.6) is 0 Å². The maximum atomic E-state index is 11.9. The van der Waals surface area contributed by atoms with Crippen molar-refractivity contribution >= 4 is 33.0 Å². The lowest BCUT2D eigenvalue weighted by molar-refractivity contribution is 0.577. The Hall–Kier alpha value is -1.16. The van der Waals surface area contributed by atoms with Gasteiger partial charge in [-0.1, -0.05) is 22.9 Å². The van der Waals surface area contributed by atoms with E-state index in [4.69, 9.17) is 11.6 Å². The molecule has 18 heavy (non-hydrogen) atoms. The van der Waals surface area contributed by atoms with Gasteiger partial charge < -0.3 is 9.55 Å². The number of imidazole rings is 1. The molecular formula is C8H9ClN4O3S2. The van der Waals surface area contributed by atoms with Crippen molar-refractivity contribution in [2.75, 3.05) is 0 Å². The van der Waals surface area contributed by atoms with Gasteiger partial charge in [-0.2, -0.15) is 0 Å². The second kappa shape index (κ2) is 4.84. The van der Waals surface area contributed by atoms with Gasteiger partial charge in [-0.05, 0) is 0 Å². The second-order valence-corrected chi connectivity index (χ2v) is 6.33. The summed E-state index contributed by atoms with van der Waals surface area (Å²) in [5.74, 6) is 0. The van der Waals surface area contributed by atoms with Crippen LogP contribution in [0, 0.1) is 0 Å². The Labute approximate surface area is 111 Å². The number of halogens is 1. The van der Waals surface area contributed by atoms with Crippen LogP contribution in [-0.2, 0) is 23.6 Å². The van der Waals surface area contributed by atoms with E-state index in [-0.39, 0.29) is 21.6 Å². The standard InChI is InChI=1S/C8H9ClN4O3S2/c1-13-4-10-7(6(13)9)18(15,16)11-2-5-3-17-8(14)12-5/h3-4,11H,2H2,1H3,(H,12,14). The smallest absolute Gasteiger partial charge is 0.304 e. The first-order valence-electron chi connectivity index (χ1n) is 4.73. The molecule has 7 nitrogen and oxygen atoms in total. The summed E-state index contributed by atoms with van der Waals surface area (Å²) in [4.78, 5) is 16.9. The SMILES string of the molecule is Cn1cnc(S(=O)(=O)NCc2csc(=O)[nH]2)c1Cl. The van der Waals surface area contributed by atoms with Crippen LogP contribution in [0.4, 0.5) is 0 Å².